The molecule has 2 aliphatic rings. The first kappa shape index (κ1) is 30.0. The zero-order valence-electron chi connectivity index (χ0n) is 22.7. The molecule has 1 spiro atoms. The second kappa shape index (κ2) is 10.8. The number of hydrogen-bond donors (Lipinski definition) is 5. The molecule has 0 amide bonds. The molecule has 40 heavy (non-hydrogen) atoms. The summed E-state index contributed by atoms with van der Waals surface area (Å²) in [5, 5.41) is 41.8. The van der Waals surface area contributed by atoms with Gasteiger partial charge in [-0.15, -0.1) is 0 Å². The minimum absolute atomic E-state index is 0.0247. The van der Waals surface area contributed by atoms with Crippen LogP contribution in [0.1, 0.15) is 37.9 Å². The first-order valence-corrected chi connectivity index (χ1v) is 13.1. The Hall–Kier alpha value is -2.93. The van der Waals surface area contributed by atoms with Crippen molar-refractivity contribution in [1.29, 1.82) is 5.41 Å². The number of ether oxygens (including phenoxy) is 1. The van der Waals surface area contributed by atoms with Crippen molar-refractivity contribution in [3.63, 3.8) is 0 Å². The van der Waals surface area contributed by atoms with Gasteiger partial charge in [0.2, 0.25) is 0 Å². The van der Waals surface area contributed by atoms with Crippen molar-refractivity contribution >= 4 is 28.7 Å². The minimum atomic E-state index is -4.68. The number of hydrogen-bond acceptors (Lipinski definition) is 9. The smallest absolute Gasteiger partial charge is 0.417 e. The largest absolute Gasteiger partial charge is 0.512 e. The molecule has 2 aromatic rings. The lowest BCUT2D eigenvalue weighted by Gasteiger charge is -2.62. The third-order valence-corrected chi connectivity index (χ3v) is 7.70. The normalized spacial score (nSPS) is 19.0. The van der Waals surface area contributed by atoms with Crippen LogP contribution in [0.15, 0.2) is 24.0 Å². The number of aromatic nitrogens is 2. The van der Waals surface area contributed by atoms with E-state index in [2.05, 4.69) is 10.3 Å². The number of benzene rings is 1. The highest BCUT2D eigenvalue weighted by Crippen LogP contribution is 2.60. The molecule has 1 aromatic carbocycles. The summed E-state index contributed by atoms with van der Waals surface area (Å²) in [5.41, 5.74) is -1.86. The predicted octanol–water partition coefficient (Wildman–Crippen LogP) is 4.29. The van der Waals surface area contributed by atoms with Gasteiger partial charge in [-0.3, -0.25) is 0 Å². The Morgan fingerprint density at radius 2 is 1.90 bits per heavy atom. The van der Waals surface area contributed by atoms with Gasteiger partial charge in [0.25, 0.3) is 0 Å². The van der Waals surface area contributed by atoms with Crippen molar-refractivity contribution in [2.75, 3.05) is 38.2 Å². The van der Waals surface area contributed by atoms with Crippen molar-refractivity contribution in [3.05, 3.63) is 40.2 Å². The fourth-order valence-corrected chi connectivity index (χ4v) is 5.78. The lowest BCUT2D eigenvalue weighted by molar-refractivity contribution is -0.319. The van der Waals surface area contributed by atoms with E-state index in [1.807, 2.05) is 4.90 Å². The number of likely N-dealkylation sites (N-methyl/N-ethyl adjacent to an activating group) is 1. The molecule has 2 heterocycles. The maximum atomic E-state index is 13.2. The third-order valence-electron chi connectivity index (χ3n) is 7.37. The quantitative estimate of drug-likeness (QED) is 0.218. The van der Waals surface area contributed by atoms with Crippen molar-refractivity contribution < 1.29 is 33.2 Å². The third kappa shape index (κ3) is 5.63. The summed E-state index contributed by atoms with van der Waals surface area (Å²) in [7, 11) is 1.71. The molecule has 5 N–H and O–H groups in total. The van der Waals surface area contributed by atoms with Gasteiger partial charge in [0.15, 0.2) is 11.4 Å². The zero-order chi connectivity index (χ0) is 29.6. The number of nitrogens with one attached hydrogen (secondary N) is 2. The molecule has 2 fully saturated rings. The number of allylic oxidation sites excluding steroid dienone is 2. The Balaban J connectivity index is 1.72. The maximum absolute atomic E-state index is 13.2. The molecular weight excluding hydrogens is 551 g/mol. The monoisotopic (exact) mass is 583 g/mol. The van der Waals surface area contributed by atoms with Gasteiger partial charge in [-0.2, -0.15) is 13.2 Å². The fourth-order valence-electron chi connectivity index (χ4n) is 5.58. The molecular formula is C27H33ClF3N5O4. The first-order valence-electron chi connectivity index (χ1n) is 12.7. The molecule has 13 heteroatoms. The molecule has 1 aliphatic heterocycles. The van der Waals surface area contributed by atoms with E-state index in [0.29, 0.717) is 40.0 Å². The molecule has 0 bridgehead atoms. The molecule has 218 valence electrons. The topological polar surface area (TPSA) is 135 Å². The highest BCUT2D eigenvalue weighted by atomic mass is 35.5. The van der Waals surface area contributed by atoms with Gasteiger partial charge in [-0.05, 0) is 58.9 Å². The van der Waals surface area contributed by atoms with Gasteiger partial charge in [-0.25, -0.2) is 9.97 Å². The summed E-state index contributed by atoms with van der Waals surface area (Å²) in [6, 6.07) is 4.85. The number of nitrogens with zero attached hydrogens (tertiary/aromatic N) is 3. The van der Waals surface area contributed by atoms with Crippen molar-refractivity contribution in [1.82, 2.24) is 15.3 Å². The number of aliphatic hydroxyl groups excluding tert-OH is 2. The van der Waals surface area contributed by atoms with Crippen LogP contribution in [0.2, 0.25) is 5.02 Å². The van der Waals surface area contributed by atoms with Crippen LogP contribution >= 0.6 is 11.6 Å². The average Bonchev–Trinajstić information content (AvgIpc) is 2.80. The number of rotatable bonds is 9. The van der Waals surface area contributed by atoms with E-state index in [4.69, 9.17) is 26.7 Å². The first-order chi connectivity index (χ1) is 18.6. The van der Waals surface area contributed by atoms with E-state index in [0.717, 1.165) is 0 Å². The molecule has 1 saturated carbocycles. The summed E-state index contributed by atoms with van der Waals surface area (Å²) in [5.74, 6) is 0.883. The van der Waals surface area contributed by atoms with Crippen LogP contribution in [0.5, 0.6) is 5.75 Å². The van der Waals surface area contributed by atoms with Gasteiger partial charge in [0.05, 0.1) is 16.3 Å². The number of halogens is 4. The fraction of sp³-hybridized carbons (Fsp3) is 0.519. The highest BCUT2D eigenvalue weighted by molar-refractivity contribution is 6.33. The van der Waals surface area contributed by atoms with E-state index in [1.165, 1.54) is 13.8 Å². The molecule has 0 radical (unpaired) electrons. The van der Waals surface area contributed by atoms with Gasteiger partial charge in [-0.1, -0.05) is 11.6 Å². The second-order valence-electron chi connectivity index (χ2n) is 10.8. The minimum Gasteiger partial charge on any atom is -0.512 e. The van der Waals surface area contributed by atoms with Gasteiger partial charge in [0, 0.05) is 41.9 Å². The van der Waals surface area contributed by atoms with Crippen LogP contribution in [0.3, 0.4) is 0 Å². The van der Waals surface area contributed by atoms with Gasteiger partial charge < -0.3 is 35.7 Å². The van der Waals surface area contributed by atoms with E-state index < -0.39 is 23.3 Å². The molecule has 9 nitrogen and oxygen atoms in total. The Morgan fingerprint density at radius 3 is 2.45 bits per heavy atom. The predicted molar refractivity (Wildman–Crippen MR) is 146 cm³/mol. The lowest BCUT2D eigenvalue weighted by Crippen LogP contribution is -2.72. The number of alkyl halides is 3. The highest BCUT2D eigenvalue weighted by Gasteiger charge is 2.70. The van der Waals surface area contributed by atoms with Crippen LogP contribution in [0.4, 0.5) is 19.0 Å². The molecule has 1 aliphatic carbocycles. The molecule has 1 saturated heterocycles. The van der Waals surface area contributed by atoms with Gasteiger partial charge in [0.1, 0.15) is 30.0 Å². The lowest BCUT2D eigenvalue weighted by atomic mass is 9.55. The second-order valence-corrected chi connectivity index (χ2v) is 11.2. The SMILES string of the molecule is CNC[C@@H](O)COc1ccc(Cl)c(-c2nc(/C(C(C)=N)=C(\C)O)c(C)c(N3CC4(C3)CC(O)(C(F)(F)F)C4)n2)c1. The number of aliphatic hydroxyl groups is 3. The van der Waals surface area contributed by atoms with E-state index in [-0.39, 0.29) is 55.4 Å². The summed E-state index contributed by atoms with van der Waals surface area (Å²) in [6.45, 7) is 5.55. The van der Waals surface area contributed by atoms with Gasteiger partial charge >= 0.3 is 6.18 Å². The average molecular weight is 584 g/mol. The Morgan fingerprint density at radius 1 is 1.25 bits per heavy atom. The van der Waals surface area contributed by atoms with Crippen LogP contribution in [-0.4, -0.2) is 82.2 Å². The Kier molecular flexibility index (Phi) is 8.12. The summed E-state index contributed by atoms with van der Waals surface area (Å²) in [6.07, 6.45) is -6.19. The van der Waals surface area contributed by atoms with E-state index >= 15 is 0 Å². The Bertz CT molecular complexity index is 1330. The molecule has 1 aromatic heterocycles. The van der Waals surface area contributed by atoms with E-state index in [1.54, 1.807) is 32.2 Å². The van der Waals surface area contributed by atoms with Crippen LogP contribution in [0.25, 0.3) is 17.0 Å². The van der Waals surface area contributed by atoms with Crippen LogP contribution in [0, 0.1) is 17.7 Å². The Labute approximate surface area is 235 Å². The van der Waals surface area contributed by atoms with E-state index in [9.17, 15) is 28.5 Å². The zero-order valence-corrected chi connectivity index (χ0v) is 23.4. The standard InChI is InChI=1S/C27H33ClF3N5O4/c1-14-22(21(15(2)32)16(3)37)34-23(19-7-18(5-6-20(19)28)40-9-17(38)8-33-4)35-24(14)36-12-25(13-36)10-26(39,11-25)27(29,30)31/h5-7,17,32-33,37-39H,8-13H2,1-4H3/b21-16+,32-15?/t17-/m1/s1. The molecule has 1 atom stereocenters. The van der Waals surface area contributed by atoms with Crippen LogP contribution < -0.4 is 15.0 Å². The van der Waals surface area contributed by atoms with Crippen molar-refractivity contribution in [3.8, 4) is 17.1 Å². The number of anilines is 1. The van der Waals surface area contributed by atoms with Crippen LogP contribution in [-0.2, 0) is 0 Å². The molecule has 0 unspecified atom stereocenters. The molecule has 4 rings (SSSR count). The summed E-state index contributed by atoms with van der Waals surface area (Å²) < 4.78 is 45.4. The summed E-state index contributed by atoms with van der Waals surface area (Å²) in [4.78, 5) is 11.2. The maximum Gasteiger partial charge on any atom is 0.417 e. The van der Waals surface area contributed by atoms with Crippen molar-refractivity contribution in [2.24, 2.45) is 5.41 Å². The van der Waals surface area contributed by atoms with Crippen molar-refractivity contribution in [2.45, 2.75) is 51.5 Å². The summed E-state index contributed by atoms with van der Waals surface area (Å²) >= 11 is 6.52.